The highest BCUT2D eigenvalue weighted by Crippen LogP contribution is 2.44. The first-order chi connectivity index (χ1) is 13.4. The average Bonchev–Trinajstić information content (AvgIpc) is 3.01. The van der Waals surface area contributed by atoms with E-state index in [1.54, 1.807) is 0 Å². The van der Waals surface area contributed by atoms with E-state index in [4.69, 9.17) is 4.42 Å². The summed E-state index contributed by atoms with van der Waals surface area (Å²) in [5.74, 6) is -0.292. The molecular weight excluding hydrogens is 473 g/mol. The third kappa shape index (κ3) is 3.17. The van der Waals surface area contributed by atoms with Crippen LogP contribution in [0.15, 0.2) is 45.6 Å². The Morgan fingerprint density at radius 2 is 2.00 bits per heavy atom. The summed E-state index contributed by atoms with van der Waals surface area (Å²) in [5.41, 5.74) is 1.00. The molecular formula is C21H20INO5. The summed E-state index contributed by atoms with van der Waals surface area (Å²) in [6.07, 6.45) is 0.701. The molecule has 6 nitrogen and oxygen atoms in total. The minimum Gasteiger partial charge on any atom is -0.507 e. The number of hydrogen-bond donors (Lipinski definition) is 3. The van der Waals surface area contributed by atoms with E-state index >= 15 is 0 Å². The van der Waals surface area contributed by atoms with Gasteiger partial charge in [-0.3, -0.25) is 4.79 Å². The summed E-state index contributed by atoms with van der Waals surface area (Å²) in [6, 6.07) is 9.89. The first kappa shape index (κ1) is 19.2. The molecule has 2 heterocycles. The molecule has 1 aromatic heterocycles. The van der Waals surface area contributed by atoms with Crippen LogP contribution in [0.3, 0.4) is 0 Å². The zero-order valence-corrected chi connectivity index (χ0v) is 17.4. The van der Waals surface area contributed by atoms with E-state index in [1.165, 1.54) is 12.1 Å². The molecule has 1 saturated heterocycles. The van der Waals surface area contributed by atoms with Crippen LogP contribution in [0, 0.1) is 3.57 Å². The maximum Gasteiger partial charge on any atom is 0.197 e. The summed E-state index contributed by atoms with van der Waals surface area (Å²) in [6.45, 7) is 0.669. The molecule has 0 radical (unpaired) electrons. The molecule has 0 bridgehead atoms. The summed E-state index contributed by atoms with van der Waals surface area (Å²) in [5, 5.41) is 30.8. The largest absolute Gasteiger partial charge is 0.507 e. The minimum absolute atomic E-state index is 0.0495. The van der Waals surface area contributed by atoms with E-state index < -0.39 is 0 Å². The average molecular weight is 493 g/mol. The Morgan fingerprint density at radius 3 is 2.71 bits per heavy atom. The number of phenolic OH excluding ortho intramolecular Hbond substituents is 2. The summed E-state index contributed by atoms with van der Waals surface area (Å²) < 4.78 is 7.09. The number of nitrogens with zero attached hydrogens (tertiary/aromatic N) is 1. The van der Waals surface area contributed by atoms with Crippen molar-refractivity contribution in [3.63, 3.8) is 0 Å². The maximum absolute atomic E-state index is 12.8. The number of hydrogen-bond acceptors (Lipinski definition) is 6. The maximum atomic E-state index is 12.8. The van der Waals surface area contributed by atoms with Crippen LogP contribution in [-0.2, 0) is 0 Å². The highest BCUT2D eigenvalue weighted by Gasteiger charge is 2.36. The van der Waals surface area contributed by atoms with Crippen LogP contribution in [0.5, 0.6) is 11.5 Å². The van der Waals surface area contributed by atoms with Crippen molar-refractivity contribution in [3.8, 4) is 22.8 Å². The van der Waals surface area contributed by atoms with Crippen molar-refractivity contribution in [1.82, 2.24) is 4.90 Å². The van der Waals surface area contributed by atoms with Crippen LogP contribution in [0.2, 0.25) is 0 Å². The zero-order chi connectivity index (χ0) is 20.0. The molecule has 4 rings (SSSR count). The fraction of sp³-hybridized carbons (Fsp3) is 0.286. The number of aromatic hydroxyl groups is 2. The van der Waals surface area contributed by atoms with Crippen molar-refractivity contribution >= 4 is 33.6 Å². The van der Waals surface area contributed by atoms with Crippen molar-refractivity contribution in [3.05, 3.63) is 55.8 Å². The van der Waals surface area contributed by atoms with E-state index in [-0.39, 0.29) is 46.5 Å². The lowest BCUT2D eigenvalue weighted by atomic mass is 9.89. The number of fused-ring (bicyclic) bond motifs is 1. The molecule has 7 heteroatoms. The van der Waals surface area contributed by atoms with E-state index in [9.17, 15) is 20.1 Å². The Labute approximate surface area is 175 Å². The third-order valence-electron chi connectivity index (χ3n) is 5.49. The lowest BCUT2D eigenvalue weighted by Crippen LogP contribution is -2.32. The van der Waals surface area contributed by atoms with Gasteiger partial charge in [-0.25, -0.2) is 0 Å². The van der Waals surface area contributed by atoms with Gasteiger partial charge in [0, 0.05) is 38.8 Å². The fourth-order valence-corrected chi connectivity index (χ4v) is 4.62. The molecule has 0 aliphatic carbocycles. The van der Waals surface area contributed by atoms with Gasteiger partial charge in [-0.05, 0) is 54.7 Å². The molecule has 1 aliphatic rings. The van der Waals surface area contributed by atoms with E-state index in [2.05, 4.69) is 22.6 Å². The van der Waals surface area contributed by atoms with E-state index in [0.717, 1.165) is 15.7 Å². The van der Waals surface area contributed by atoms with Gasteiger partial charge in [-0.15, -0.1) is 0 Å². The molecule has 146 valence electrons. The second-order valence-electron chi connectivity index (χ2n) is 7.14. The third-order valence-corrected chi connectivity index (χ3v) is 6.16. The van der Waals surface area contributed by atoms with Gasteiger partial charge in [0.2, 0.25) is 0 Å². The molecule has 2 aromatic carbocycles. The summed E-state index contributed by atoms with van der Waals surface area (Å²) >= 11 is 2.18. The van der Waals surface area contributed by atoms with Crippen molar-refractivity contribution in [2.45, 2.75) is 18.4 Å². The first-order valence-electron chi connectivity index (χ1n) is 9.00. The van der Waals surface area contributed by atoms with Crippen molar-refractivity contribution < 1.29 is 19.7 Å². The fourth-order valence-electron chi connectivity index (χ4n) is 4.08. The second kappa shape index (κ2) is 7.38. The number of benzene rings is 2. The standard InChI is InChI=1S/C21H20INO5/c1-23-6-5-13(14(23)10-24)19-15(25)8-16(26)20-17(27)9-18(28-21(19)20)11-3-2-4-12(22)7-11/h2-4,7-9,13-14,24-26H,5-6,10H2,1H3/t13-,14+/m1/s1. The predicted octanol–water partition coefficient (Wildman–Crippen LogP) is 3.26. The Bertz CT molecular complexity index is 1110. The lowest BCUT2D eigenvalue weighted by Gasteiger charge is -2.24. The van der Waals surface area contributed by atoms with Gasteiger partial charge in [-0.2, -0.15) is 0 Å². The quantitative estimate of drug-likeness (QED) is 0.486. The molecule has 3 aromatic rings. The van der Waals surface area contributed by atoms with Gasteiger partial charge < -0.3 is 24.6 Å². The molecule has 2 atom stereocenters. The topological polar surface area (TPSA) is 94.1 Å². The van der Waals surface area contributed by atoms with E-state index in [0.29, 0.717) is 17.7 Å². The number of halogens is 1. The summed E-state index contributed by atoms with van der Waals surface area (Å²) in [7, 11) is 1.91. The molecule has 0 amide bonds. The number of likely N-dealkylation sites (N-methyl/N-ethyl adjacent to an activating group) is 1. The van der Waals surface area contributed by atoms with Crippen LogP contribution < -0.4 is 5.43 Å². The number of aliphatic hydroxyl groups excluding tert-OH is 1. The van der Waals surface area contributed by atoms with Crippen LogP contribution in [0.4, 0.5) is 0 Å². The second-order valence-corrected chi connectivity index (χ2v) is 8.39. The number of rotatable bonds is 3. The van der Waals surface area contributed by atoms with Gasteiger partial charge in [0.25, 0.3) is 0 Å². The SMILES string of the molecule is CN1CC[C@@H](c2c(O)cc(O)c3c(=O)cc(-c4cccc(I)c4)oc23)[C@@H]1CO. The molecule has 28 heavy (non-hydrogen) atoms. The van der Waals surface area contributed by atoms with Crippen molar-refractivity contribution in [2.24, 2.45) is 0 Å². The van der Waals surface area contributed by atoms with Crippen LogP contribution in [-0.4, -0.2) is 46.5 Å². The monoisotopic (exact) mass is 493 g/mol. The predicted molar refractivity (Wildman–Crippen MR) is 115 cm³/mol. The van der Waals surface area contributed by atoms with E-state index in [1.807, 2.05) is 36.2 Å². The first-order valence-corrected chi connectivity index (χ1v) is 10.1. The Balaban J connectivity index is 2.01. The van der Waals surface area contributed by atoms with Crippen molar-refractivity contribution in [1.29, 1.82) is 0 Å². The highest BCUT2D eigenvalue weighted by molar-refractivity contribution is 14.1. The number of likely N-dealkylation sites (tertiary alicyclic amines) is 1. The molecule has 0 saturated carbocycles. The smallest absolute Gasteiger partial charge is 0.197 e. The van der Waals surface area contributed by atoms with Crippen LogP contribution in [0.1, 0.15) is 17.9 Å². The molecule has 1 aliphatic heterocycles. The van der Waals surface area contributed by atoms with Gasteiger partial charge in [-0.1, -0.05) is 12.1 Å². The lowest BCUT2D eigenvalue weighted by molar-refractivity contribution is 0.172. The van der Waals surface area contributed by atoms with Gasteiger partial charge in [0.15, 0.2) is 5.43 Å². The normalized spacial score (nSPS) is 20.1. The number of phenols is 2. The molecule has 3 N–H and O–H groups in total. The molecule has 0 unspecified atom stereocenters. The minimum atomic E-state index is -0.374. The Kier molecular flexibility index (Phi) is 5.07. The summed E-state index contributed by atoms with van der Waals surface area (Å²) in [4.78, 5) is 14.8. The van der Waals surface area contributed by atoms with Gasteiger partial charge >= 0.3 is 0 Å². The van der Waals surface area contributed by atoms with Gasteiger partial charge in [0.05, 0.1) is 6.61 Å². The number of aliphatic hydroxyl groups is 1. The molecule has 1 fully saturated rings. The Morgan fingerprint density at radius 1 is 1.21 bits per heavy atom. The van der Waals surface area contributed by atoms with Crippen LogP contribution >= 0.6 is 22.6 Å². The molecule has 0 spiro atoms. The zero-order valence-electron chi connectivity index (χ0n) is 15.2. The Hall–Kier alpha value is -2.10. The van der Waals surface area contributed by atoms with Crippen LogP contribution in [0.25, 0.3) is 22.3 Å². The van der Waals surface area contributed by atoms with Crippen molar-refractivity contribution in [2.75, 3.05) is 20.2 Å². The van der Waals surface area contributed by atoms with Gasteiger partial charge in [0.1, 0.15) is 28.2 Å². The highest BCUT2D eigenvalue weighted by atomic mass is 127.